The smallest absolute Gasteiger partial charge is 0.331 e. The van der Waals surface area contributed by atoms with E-state index < -0.39 is 18.0 Å². The molecule has 0 aliphatic heterocycles. The minimum Gasteiger partial charge on any atom is -0.481 e. The van der Waals surface area contributed by atoms with Crippen molar-refractivity contribution in [2.75, 3.05) is 0 Å². The van der Waals surface area contributed by atoms with Crippen LogP contribution in [0.2, 0.25) is 0 Å². The standard InChI is InChI=1S/C12H18O5/c1-8(10(13)7-11(14)15)5-3-4-6-9(2)12(16)17/h3-4,6,8,10,13H,5,7H2,1-2H3,(H,14,15)(H,16,17). The molecule has 0 radical (unpaired) electrons. The Hall–Kier alpha value is -1.62. The van der Waals surface area contributed by atoms with Gasteiger partial charge in [0.2, 0.25) is 0 Å². The number of allylic oxidation sites excluding steroid dienone is 3. The van der Waals surface area contributed by atoms with Crippen molar-refractivity contribution in [2.24, 2.45) is 5.92 Å². The largest absolute Gasteiger partial charge is 0.481 e. The second kappa shape index (κ2) is 7.62. The molecule has 0 amide bonds. The van der Waals surface area contributed by atoms with Gasteiger partial charge < -0.3 is 15.3 Å². The normalized spacial score (nSPS) is 15.8. The average Bonchev–Trinajstić information content (AvgIpc) is 2.22. The molecule has 0 aromatic rings. The van der Waals surface area contributed by atoms with Crippen LogP contribution < -0.4 is 0 Å². The maximum atomic E-state index is 10.4. The lowest BCUT2D eigenvalue weighted by Crippen LogP contribution is -2.20. The van der Waals surface area contributed by atoms with Crippen molar-refractivity contribution in [2.45, 2.75) is 32.8 Å². The van der Waals surface area contributed by atoms with Crippen molar-refractivity contribution >= 4 is 11.9 Å². The van der Waals surface area contributed by atoms with Crippen molar-refractivity contribution < 1.29 is 24.9 Å². The summed E-state index contributed by atoms with van der Waals surface area (Å²) in [7, 11) is 0. The SMILES string of the molecule is CC(=CC=CCC(C)C(O)CC(=O)O)C(=O)O. The van der Waals surface area contributed by atoms with E-state index in [0.29, 0.717) is 6.42 Å². The lowest BCUT2D eigenvalue weighted by molar-refractivity contribution is -0.140. The van der Waals surface area contributed by atoms with Crippen LogP contribution in [-0.2, 0) is 9.59 Å². The molecule has 0 aromatic heterocycles. The topological polar surface area (TPSA) is 94.8 Å². The predicted octanol–water partition coefficient (Wildman–Crippen LogP) is 1.44. The highest BCUT2D eigenvalue weighted by Crippen LogP contribution is 2.12. The van der Waals surface area contributed by atoms with Gasteiger partial charge in [-0.25, -0.2) is 4.79 Å². The molecular weight excluding hydrogens is 224 g/mol. The molecule has 0 bridgehead atoms. The Morgan fingerprint density at radius 3 is 2.35 bits per heavy atom. The van der Waals surface area contributed by atoms with Gasteiger partial charge in [-0.05, 0) is 19.3 Å². The van der Waals surface area contributed by atoms with Crippen molar-refractivity contribution in [1.29, 1.82) is 0 Å². The third-order valence-corrected chi connectivity index (χ3v) is 2.37. The van der Waals surface area contributed by atoms with Crippen molar-refractivity contribution in [3.63, 3.8) is 0 Å². The summed E-state index contributed by atoms with van der Waals surface area (Å²) in [6, 6.07) is 0. The molecule has 0 aliphatic rings. The van der Waals surface area contributed by atoms with E-state index in [4.69, 9.17) is 10.2 Å². The molecule has 96 valence electrons. The zero-order chi connectivity index (χ0) is 13.4. The van der Waals surface area contributed by atoms with Gasteiger partial charge >= 0.3 is 11.9 Å². The molecule has 0 spiro atoms. The number of hydrogen-bond acceptors (Lipinski definition) is 3. The molecule has 0 saturated carbocycles. The van der Waals surface area contributed by atoms with Crippen LogP contribution in [0.1, 0.15) is 26.7 Å². The summed E-state index contributed by atoms with van der Waals surface area (Å²) in [5.41, 5.74) is 0.222. The van der Waals surface area contributed by atoms with Gasteiger partial charge in [0, 0.05) is 5.57 Å². The molecule has 0 rings (SSSR count). The Bertz CT molecular complexity index is 330. The summed E-state index contributed by atoms with van der Waals surface area (Å²) in [6.07, 6.45) is 4.09. The van der Waals surface area contributed by atoms with Crippen LogP contribution in [0.5, 0.6) is 0 Å². The Labute approximate surface area is 100 Å². The summed E-state index contributed by atoms with van der Waals surface area (Å²) in [5, 5.41) is 26.5. The molecule has 0 aromatic carbocycles. The summed E-state index contributed by atoms with van der Waals surface area (Å²) < 4.78 is 0. The summed E-state index contributed by atoms with van der Waals surface area (Å²) >= 11 is 0. The third kappa shape index (κ3) is 7.30. The Balaban J connectivity index is 4.11. The number of hydrogen-bond donors (Lipinski definition) is 3. The molecule has 3 N–H and O–H groups in total. The second-order valence-corrected chi connectivity index (χ2v) is 3.96. The number of carboxylic acids is 2. The Kier molecular flexibility index (Phi) is 6.89. The van der Waals surface area contributed by atoms with E-state index in [2.05, 4.69) is 0 Å². The van der Waals surface area contributed by atoms with Crippen LogP contribution in [0.25, 0.3) is 0 Å². The van der Waals surface area contributed by atoms with E-state index >= 15 is 0 Å². The number of carbonyl (C=O) groups is 2. The quantitative estimate of drug-likeness (QED) is 0.463. The fourth-order valence-corrected chi connectivity index (χ4v) is 1.11. The van der Waals surface area contributed by atoms with Crippen LogP contribution in [-0.4, -0.2) is 33.4 Å². The van der Waals surface area contributed by atoms with Crippen LogP contribution in [0.4, 0.5) is 0 Å². The van der Waals surface area contributed by atoms with Gasteiger partial charge in [0.1, 0.15) is 0 Å². The molecule has 2 unspecified atom stereocenters. The zero-order valence-electron chi connectivity index (χ0n) is 9.96. The van der Waals surface area contributed by atoms with Gasteiger partial charge in [0.25, 0.3) is 0 Å². The number of aliphatic hydroxyl groups is 1. The molecule has 0 fully saturated rings. The van der Waals surface area contributed by atoms with E-state index in [1.54, 1.807) is 19.1 Å². The first kappa shape index (κ1) is 15.4. The first-order chi connectivity index (χ1) is 7.84. The predicted molar refractivity (Wildman–Crippen MR) is 62.6 cm³/mol. The lowest BCUT2D eigenvalue weighted by atomic mass is 9.98. The van der Waals surface area contributed by atoms with Crippen LogP contribution >= 0.6 is 0 Å². The van der Waals surface area contributed by atoms with E-state index in [1.807, 2.05) is 0 Å². The van der Waals surface area contributed by atoms with Gasteiger partial charge in [0.15, 0.2) is 0 Å². The molecule has 2 atom stereocenters. The van der Waals surface area contributed by atoms with Gasteiger partial charge in [-0.3, -0.25) is 4.79 Å². The van der Waals surface area contributed by atoms with E-state index in [-0.39, 0.29) is 17.9 Å². The van der Waals surface area contributed by atoms with Gasteiger partial charge in [-0.1, -0.05) is 25.2 Å². The number of aliphatic hydroxyl groups excluding tert-OH is 1. The minimum absolute atomic E-state index is 0.180. The minimum atomic E-state index is -1.03. The lowest BCUT2D eigenvalue weighted by Gasteiger charge is -2.14. The fourth-order valence-electron chi connectivity index (χ4n) is 1.11. The first-order valence-electron chi connectivity index (χ1n) is 5.31. The molecule has 17 heavy (non-hydrogen) atoms. The second-order valence-electron chi connectivity index (χ2n) is 3.96. The number of carboxylic acid groups (broad SMARTS) is 2. The molecule has 0 saturated heterocycles. The first-order valence-corrected chi connectivity index (χ1v) is 5.31. The maximum absolute atomic E-state index is 10.4. The van der Waals surface area contributed by atoms with Crippen molar-refractivity contribution in [3.05, 3.63) is 23.8 Å². The average molecular weight is 242 g/mol. The highest BCUT2D eigenvalue weighted by atomic mass is 16.4. The van der Waals surface area contributed by atoms with Crippen molar-refractivity contribution in [3.8, 4) is 0 Å². The third-order valence-electron chi connectivity index (χ3n) is 2.37. The maximum Gasteiger partial charge on any atom is 0.331 e. The van der Waals surface area contributed by atoms with Crippen LogP contribution in [0.15, 0.2) is 23.8 Å². The van der Waals surface area contributed by atoms with Crippen LogP contribution in [0, 0.1) is 5.92 Å². The number of aliphatic carboxylic acids is 2. The summed E-state index contributed by atoms with van der Waals surface area (Å²) in [5.74, 6) is -2.19. The Morgan fingerprint density at radius 2 is 1.88 bits per heavy atom. The molecule has 5 nitrogen and oxygen atoms in total. The number of rotatable bonds is 7. The van der Waals surface area contributed by atoms with Crippen molar-refractivity contribution in [1.82, 2.24) is 0 Å². The summed E-state index contributed by atoms with van der Waals surface area (Å²) in [4.78, 5) is 20.8. The van der Waals surface area contributed by atoms with Gasteiger partial charge in [-0.15, -0.1) is 0 Å². The molecular formula is C12H18O5. The van der Waals surface area contributed by atoms with Crippen LogP contribution in [0.3, 0.4) is 0 Å². The highest BCUT2D eigenvalue weighted by molar-refractivity contribution is 5.86. The van der Waals surface area contributed by atoms with E-state index in [0.717, 1.165) is 0 Å². The van der Waals surface area contributed by atoms with E-state index in [9.17, 15) is 14.7 Å². The molecule has 5 heteroatoms. The highest BCUT2D eigenvalue weighted by Gasteiger charge is 2.15. The van der Waals surface area contributed by atoms with Gasteiger partial charge in [-0.2, -0.15) is 0 Å². The Morgan fingerprint density at radius 1 is 1.29 bits per heavy atom. The zero-order valence-corrected chi connectivity index (χ0v) is 9.96. The summed E-state index contributed by atoms with van der Waals surface area (Å²) in [6.45, 7) is 3.22. The molecule has 0 aliphatic carbocycles. The molecule has 0 heterocycles. The van der Waals surface area contributed by atoms with E-state index in [1.165, 1.54) is 13.0 Å². The fraction of sp³-hybridized carbons (Fsp3) is 0.500. The monoisotopic (exact) mass is 242 g/mol. The van der Waals surface area contributed by atoms with Gasteiger partial charge in [0.05, 0.1) is 12.5 Å².